The van der Waals surface area contributed by atoms with Gasteiger partial charge in [-0.1, -0.05) is 5.16 Å². The largest absolute Gasteiger partial charge is 0.436 e. The highest BCUT2D eigenvalue weighted by molar-refractivity contribution is 9.10. The van der Waals surface area contributed by atoms with Crippen LogP contribution in [0.2, 0.25) is 0 Å². The van der Waals surface area contributed by atoms with Crippen molar-refractivity contribution in [1.82, 2.24) is 14.9 Å². The van der Waals surface area contributed by atoms with Gasteiger partial charge in [-0.05, 0) is 22.9 Å². The third kappa shape index (κ3) is 2.69. The Morgan fingerprint density at radius 1 is 1.50 bits per heavy atom. The van der Waals surface area contributed by atoms with Crippen molar-refractivity contribution in [3.63, 3.8) is 0 Å². The second-order valence-electron chi connectivity index (χ2n) is 3.91. The van der Waals surface area contributed by atoms with E-state index in [4.69, 9.17) is 4.52 Å². The molecule has 0 aliphatic rings. The van der Waals surface area contributed by atoms with E-state index in [0.29, 0.717) is 5.76 Å². The molecule has 0 unspecified atom stereocenters. The average molecular weight is 353 g/mol. The summed E-state index contributed by atoms with van der Waals surface area (Å²) in [5.74, 6) is -0.217. The lowest BCUT2D eigenvalue weighted by Crippen LogP contribution is -2.16. The van der Waals surface area contributed by atoms with Gasteiger partial charge in [-0.3, -0.25) is 9.48 Å². The Bertz CT molecular complexity index is 662. The molecule has 0 aromatic carbocycles. The molecule has 0 fully saturated rings. The summed E-state index contributed by atoms with van der Waals surface area (Å²) in [5.41, 5.74) is -1.43. The maximum atomic E-state index is 12.7. The molecule has 108 valence electrons. The molecule has 0 bridgehead atoms. The molecule has 0 aliphatic carbocycles. The van der Waals surface area contributed by atoms with Crippen molar-refractivity contribution in [2.24, 2.45) is 7.05 Å². The molecule has 0 aliphatic heterocycles. The second kappa shape index (κ2) is 4.93. The van der Waals surface area contributed by atoms with E-state index in [-0.39, 0.29) is 11.5 Å². The number of alkyl halides is 3. The van der Waals surface area contributed by atoms with Gasteiger partial charge in [0.1, 0.15) is 11.5 Å². The smallest absolute Gasteiger partial charge is 0.360 e. The Kier molecular flexibility index (Phi) is 3.59. The zero-order valence-corrected chi connectivity index (χ0v) is 11.8. The zero-order valence-electron chi connectivity index (χ0n) is 10.2. The Labute approximate surface area is 119 Å². The van der Waals surface area contributed by atoms with E-state index in [0.717, 1.165) is 4.68 Å². The van der Waals surface area contributed by atoms with Crippen LogP contribution in [0.5, 0.6) is 0 Å². The summed E-state index contributed by atoms with van der Waals surface area (Å²) in [7, 11) is 1.24. The summed E-state index contributed by atoms with van der Waals surface area (Å²) in [4.78, 5) is 12.0. The number of carbonyl (C=O) groups excluding carboxylic acids is 1. The maximum absolute atomic E-state index is 12.7. The standard InChI is InChI=1S/C10H8BrF3N4O2/c1-4-3-5(17-20-4)15-9(19)7-6(11)8(10(12,13)14)16-18(7)2/h3H,1-2H3,(H,15,17,19). The monoisotopic (exact) mass is 352 g/mol. The molecule has 0 saturated carbocycles. The number of carbonyl (C=O) groups is 1. The number of aryl methyl sites for hydroxylation is 2. The van der Waals surface area contributed by atoms with Crippen molar-refractivity contribution in [2.45, 2.75) is 13.1 Å². The lowest BCUT2D eigenvalue weighted by atomic mass is 10.3. The minimum atomic E-state index is -4.65. The summed E-state index contributed by atoms with van der Waals surface area (Å²) < 4.78 is 43.2. The van der Waals surface area contributed by atoms with Crippen molar-refractivity contribution < 1.29 is 22.5 Å². The van der Waals surface area contributed by atoms with Gasteiger partial charge in [0.2, 0.25) is 0 Å². The number of amides is 1. The highest BCUT2D eigenvalue weighted by Crippen LogP contribution is 2.35. The van der Waals surface area contributed by atoms with Gasteiger partial charge in [-0.25, -0.2) is 0 Å². The fraction of sp³-hybridized carbons (Fsp3) is 0.300. The summed E-state index contributed by atoms with van der Waals surface area (Å²) in [6.07, 6.45) is -4.65. The molecule has 6 nitrogen and oxygen atoms in total. The molecule has 0 spiro atoms. The number of nitrogens with one attached hydrogen (secondary N) is 1. The van der Waals surface area contributed by atoms with Crippen LogP contribution in [0.15, 0.2) is 15.1 Å². The first-order valence-corrected chi connectivity index (χ1v) is 6.04. The summed E-state index contributed by atoms with van der Waals surface area (Å²) in [6, 6.07) is 1.44. The van der Waals surface area contributed by atoms with Gasteiger partial charge in [0.05, 0.1) is 4.47 Å². The third-order valence-electron chi connectivity index (χ3n) is 2.34. The predicted molar refractivity (Wildman–Crippen MR) is 65.1 cm³/mol. The Balaban J connectivity index is 2.33. The van der Waals surface area contributed by atoms with Crippen molar-refractivity contribution in [3.05, 3.63) is 27.7 Å². The van der Waals surface area contributed by atoms with E-state index < -0.39 is 22.3 Å². The molecular weight excluding hydrogens is 345 g/mol. The highest BCUT2D eigenvalue weighted by atomic mass is 79.9. The Hall–Kier alpha value is -1.84. The highest BCUT2D eigenvalue weighted by Gasteiger charge is 2.39. The average Bonchev–Trinajstić information content (AvgIpc) is 2.82. The number of hydrogen-bond donors (Lipinski definition) is 1. The SMILES string of the molecule is Cc1cc(NC(=O)c2c(Br)c(C(F)(F)F)nn2C)no1. The summed E-state index contributed by atoms with van der Waals surface area (Å²) >= 11 is 2.75. The molecule has 20 heavy (non-hydrogen) atoms. The fourth-order valence-electron chi connectivity index (χ4n) is 1.53. The van der Waals surface area contributed by atoms with Crippen LogP contribution in [0.3, 0.4) is 0 Å². The van der Waals surface area contributed by atoms with E-state index in [1.54, 1.807) is 6.92 Å². The van der Waals surface area contributed by atoms with Gasteiger partial charge in [-0.15, -0.1) is 0 Å². The Morgan fingerprint density at radius 2 is 2.15 bits per heavy atom. The number of halogens is 4. The van der Waals surface area contributed by atoms with Crippen LogP contribution in [0.1, 0.15) is 21.9 Å². The van der Waals surface area contributed by atoms with Crippen molar-refractivity contribution >= 4 is 27.7 Å². The second-order valence-corrected chi connectivity index (χ2v) is 4.70. The van der Waals surface area contributed by atoms with Crippen molar-refractivity contribution in [1.29, 1.82) is 0 Å². The van der Waals surface area contributed by atoms with Crippen LogP contribution in [0.4, 0.5) is 19.0 Å². The van der Waals surface area contributed by atoms with Crippen LogP contribution in [0, 0.1) is 6.92 Å². The van der Waals surface area contributed by atoms with E-state index in [9.17, 15) is 18.0 Å². The molecule has 2 rings (SSSR count). The van der Waals surface area contributed by atoms with Crippen LogP contribution >= 0.6 is 15.9 Å². The first kappa shape index (κ1) is 14.6. The molecule has 2 aromatic heterocycles. The van der Waals surface area contributed by atoms with Gasteiger partial charge < -0.3 is 9.84 Å². The van der Waals surface area contributed by atoms with Gasteiger partial charge in [0.25, 0.3) is 5.91 Å². The van der Waals surface area contributed by atoms with E-state index in [1.807, 2.05) is 0 Å². The lowest BCUT2D eigenvalue weighted by molar-refractivity contribution is -0.142. The van der Waals surface area contributed by atoms with Crippen LogP contribution in [-0.2, 0) is 13.2 Å². The minimum absolute atomic E-state index is 0.106. The molecule has 10 heteroatoms. The summed E-state index contributed by atoms with van der Waals surface area (Å²) in [5, 5.41) is 9.13. The quantitative estimate of drug-likeness (QED) is 0.901. The van der Waals surface area contributed by atoms with E-state index in [1.165, 1.54) is 13.1 Å². The molecule has 0 radical (unpaired) electrons. The van der Waals surface area contributed by atoms with Gasteiger partial charge in [-0.2, -0.15) is 18.3 Å². The van der Waals surface area contributed by atoms with Crippen molar-refractivity contribution in [3.8, 4) is 0 Å². The molecule has 0 atom stereocenters. The minimum Gasteiger partial charge on any atom is -0.360 e. The first-order valence-electron chi connectivity index (χ1n) is 5.24. The molecular formula is C10H8BrF3N4O2. The lowest BCUT2D eigenvalue weighted by Gasteiger charge is -2.03. The van der Waals surface area contributed by atoms with Crippen LogP contribution in [-0.4, -0.2) is 20.8 Å². The Morgan fingerprint density at radius 3 is 2.60 bits per heavy atom. The molecule has 1 amide bonds. The maximum Gasteiger partial charge on any atom is 0.436 e. The fourth-order valence-corrected chi connectivity index (χ4v) is 2.27. The van der Waals surface area contributed by atoms with Gasteiger partial charge >= 0.3 is 6.18 Å². The molecule has 0 saturated heterocycles. The summed E-state index contributed by atoms with van der Waals surface area (Å²) in [6.45, 7) is 1.62. The molecule has 2 heterocycles. The van der Waals surface area contributed by atoms with Crippen LogP contribution in [0.25, 0.3) is 0 Å². The van der Waals surface area contributed by atoms with Crippen LogP contribution < -0.4 is 5.32 Å². The zero-order chi connectivity index (χ0) is 15.1. The van der Waals surface area contributed by atoms with Gasteiger partial charge in [0, 0.05) is 13.1 Å². The number of aromatic nitrogens is 3. The molecule has 2 aromatic rings. The third-order valence-corrected chi connectivity index (χ3v) is 3.09. The number of nitrogens with zero attached hydrogens (tertiary/aromatic N) is 3. The number of hydrogen-bond acceptors (Lipinski definition) is 4. The predicted octanol–water partition coefficient (Wildman–Crippen LogP) is 2.75. The first-order chi connectivity index (χ1) is 9.20. The number of rotatable bonds is 2. The molecule has 1 N–H and O–H groups in total. The van der Waals surface area contributed by atoms with E-state index in [2.05, 4.69) is 31.5 Å². The topological polar surface area (TPSA) is 73.0 Å². The van der Waals surface area contributed by atoms with Crippen molar-refractivity contribution in [2.75, 3.05) is 5.32 Å². The van der Waals surface area contributed by atoms with E-state index >= 15 is 0 Å². The number of anilines is 1. The van der Waals surface area contributed by atoms with Gasteiger partial charge in [0.15, 0.2) is 11.5 Å². The normalized spacial score (nSPS) is 11.7.